The molecule has 1 aliphatic carbocycles. The van der Waals surface area contributed by atoms with Crippen LogP contribution in [0.25, 0.3) is 0 Å². The molecule has 174 valence electrons. The van der Waals surface area contributed by atoms with Crippen molar-refractivity contribution in [3.05, 3.63) is 59.2 Å². The van der Waals surface area contributed by atoms with Gasteiger partial charge in [-0.1, -0.05) is 31.2 Å². The quantitative estimate of drug-likeness (QED) is 0.508. The molecule has 1 saturated carbocycles. The van der Waals surface area contributed by atoms with Gasteiger partial charge in [-0.2, -0.15) is 0 Å². The number of nitrogens with one attached hydrogen (secondary N) is 2. The van der Waals surface area contributed by atoms with Gasteiger partial charge in [0.2, 0.25) is 5.91 Å². The standard InChI is InChI=1S/C22H25F3N2O4S/c1-13-10-15(4-9-19(13)26-12-32(29)30)14(2)27-20(28)18-11-21(18,3)16-5-7-17(8-6-16)31-22(23,24)25/h4-10,14,18,26,32H,11-12H2,1-3H3,(H,27,28)/t14-,18?,21?/m1/s1. The van der Waals surface area contributed by atoms with Gasteiger partial charge in [-0.25, -0.2) is 8.42 Å². The van der Waals surface area contributed by atoms with Crippen molar-refractivity contribution in [1.82, 2.24) is 5.32 Å². The van der Waals surface area contributed by atoms with Crippen LogP contribution < -0.4 is 15.4 Å². The van der Waals surface area contributed by atoms with Gasteiger partial charge in [-0.3, -0.25) is 4.79 Å². The van der Waals surface area contributed by atoms with E-state index in [-0.39, 0.29) is 29.5 Å². The highest BCUT2D eigenvalue weighted by molar-refractivity contribution is 7.72. The Labute approximate surface area is 186 Å². The first-order valence-electron chi connectivity index (χ1n) is 10.0. The molecule has 0 spiro atoms. The van der Waals surface area contributed by atoms with Crippen molar-refractivity contribution in [1.29, 1.82) is 0 Å². The fourth-order valence-corrected chi connectivity index (χ4v) is 4.10. The van der Waals surface area contributed by atoms with Crippen LogP contribution in [0, 0.1) is 12.8 Å². The maximum absolute atomic E-state index is 12.8. The van der Waals surface area contributed by atoms with Crippen molar-refractivity contribution >= 4 is 22.3 Å². The summed E-state index contributed by atoms with van der Waals surface area (Å²) in [4.78, 5) is 12.8. The molecule has 0 bridgehead atoms. The SMILES string of the molecule is Cc1cc([C@@H](C)NC(=O)C2CC2(C)c2ccc(OC(F)(F)F)cc2)ccc1NC[SH](=O)=O. The molecule has 2 unspecified atom stereocenters. The number of alkyl halides is 3. The van der Waals surface area contributed by atoms with E-state index in [1.165, 1.54) is 12.1 Å². The highest BCUT2D eigenvalue weighted by Gasteiger charge is 2.55. The van der Waals surface area contributed by atoms with Gasteiger partial charge in [0.1, 0.15) is 11.6 Å². The van der Waals surface area contributed by atoms with Gasteiger partial charge in [-0.15, -0.1) is 13.2 Å². The number of amides is 1. The predicted molar refractivity (Wildman–Crippen MR) is 115 cm³/mol. The number of carbonyl (C=O) groups excluding carboxylic acids is 1. The Hall–Kier alpha value is -2.75. The third kappa shape index (κ3) is 5.73. The first kappa shape index (κ1) is 23.9. The lowest BCUT2D eigenvalue weighted by Crippen LogP contribution is -2.30. The number of halogens is 3. The van der Waals surface area contributed by atoms with Gasteiger partial charge in [0.05, 0.1) is 6.04 Å². The Kier molecular flexibility index (Phi) is 6.73. The number of ether oxygens (including phenoxy) is 1. The Balaban J connectivity index is 1.61. The minimum Gasteiger partial charge on any atom is -0.406 e. The first-order valence-corrected chi connectivity index (χ1v) is 11.4. The molecule has 2 N–H and O–H groups in total. The van der Waals surface area contributed by atoms with Gasteiger partial charge < -0.3 is 15.4 Å². The minimum absolute atomic E-state index is 0.126. The van der Waals surface area contributed by atoms with Crippen LogP contribution in [0.4, 0.5) is 18.9 Å². The fraction of sp³-hybridized carbons (Fsp3) is 0.409. The van der Waals surface area contributed by atoms with Crippen LogP contribution in [0.5, 0.6) is 5.75 Å². The highest BCUT2D eigenvalue weighted by Crippen LogP contribution is 2.54. The summed E-state index contributed by atoms with van der Waals surface area (Å²) in [5, 5.41) is 5.83. The van der Waals surface area contributed by atoms with Crippen molar-refractivity contribution in [2.45, 2.75) is 45.0 Å². The van der Waals surface area contributed by atoms with Gasteiger partial charge in [0, 0.05) is 17.0 Å². The van der Waals surface area contributed by atoms with Crippen molar-refractivity contribution in [3.8, 4) is 5.75 Å². The minimum atomic E-state index is -4.74. The molecule has 3 atom stereocenters. The van der Waals surface area contributed by atoms with Crippen LogP contribution in [-0.2, 0) is 20.9 Å². The number of rotatable bonds is 8. The number of anilines is 1. The van der Waals surface area contributed by atoms with Crippen molar-refractivity contribution in [3.63, 3.8) is 0 Å². The molecule has 0 heterocycles. The molecule has 2 aromatic carbocycles. The van der Waals surface area contributed by atoms with E-state index in [1.54, 1.807) is 18.2 Å². The summed E-state index contributed by atoms with van der Waals surface area (Å²) in [6.07, 6.45) is -4.15. The number of thiol groups is 1. The molecular weight excluding hydrogens is 445 g/mol. The second kappa shape index (κ2) is 9.01. The molecule has 3 rings (SSSR count). The zero-order valence-corrected chi connectivity index (χ0v) is 18.7. The molecule has 0 saturated heterocycles. The van der Waals surface area contributed by atoms with E-state index in [4.69, 9.17) is 0 Å². The third-order valence-corrected chi connectivity index (χ3v) is 6.23. The van der Waals surface area contributed by atoms with Crippen molar-refractivity contribution in [2.75, 3.05) is 11.2 Å². The van der Waals surface area contributed by atoms with E-state index in [0.29, 0.717) is 12.1 Å². The average Bonchev–Trinajstić information content (AvgIpc) is 3.39. The van der Waals surface area contributed by atoms with Gasteiger partial charge >= 0.3 is 6.36 Å². The fourth-order valence-electron chi connectivity index (χ4n) is 3.81. The number of benzene rings is 2. The summed E-state index contributed by atoms with van der Waals surface area (Å²) in [5.74, 6) is -0.852. The third-order valence-electron chi connectivity index (χ3n) is 5.81. The lowest BCUT2D eigenvalue weighted by Gasteiger charge is -2.18. The molecule has 10 heteroatoms. The van der Waals surface area contributed by atoms with E-state index in [9.17, 15) is 26.4 Å². The summed E-state index contributed by atoms with van der Waals surface area (Å²) in [5.41, 5.74) is 2.78. The van der Waals surface area contributed by atoms with E-state index >= 15 is 0 Å². The molecule has 1 fully saturated rings. The van der Waals surface area contributed by atoms with Crippen LogP contribution in [0.15, 0.2) is 42.5 Å². The highest BCUT2D eigenvalue weighted by atomic mass is 32.2. The summed E-state index contributed by atoms with van der Waals surface area (Å²) in [7, 11) is -2.53. The number of hydrogen-bond acceptors (Lipinski definition) is 5. The maximum Gasteiger partial charge on any atom is 0.573 e. The summed E-state index contributed by atoms with van der Waals surface area (Å²) < 4.78 is 62.4. The zero-order chi connectivity index (χ0) is 23.7. The lowest BCUT2D eigenvalue weighted by molar-refractivity contribution is -0.274. The lowest BCUT2D eigenvalue weighted by atomic mass is 9.95. The molecule has 6 nitrogen and oxygen atoms in total. The summed E-state index contributed by atoms with van der Waals surface area (Å²) >= 11 is 0. The van der Waals surface area contributed by atoms with Crippen molar-refractivity contribution in [2.24, 2.45) is 5.92 Å². The van der Waals surface area contributed by atoms with Crippen LogP contribution >= 0.6 is 0 Å². The van der Waals surface area contributed by atoms with Gasteiger partial charge in [0.25, 0.3) is 0 Å². The Bertz CT molecular complexity index is 1060. The molecule has 2 aromatic rings. The Morgan fingerprint density at radius 1 is 1.22 bits per heavy atom. The van der Waals surface area contributed by atoms with E-state index in [1.807, 2.05) is 32.9 Å². The Morgan fingerprint density at radius 2 is 1.88 bits per heavy atom. The topological polar surface area (TPSA) is 84.5 Å². The number of carbonyl (C=O) groups is 1. The number of hydrogen-bond donors (Lipinski definition) is 3. The summed E-state index contributed by atoms with van der Waals surface area (Å²) in [6.45, 7) is 5.62. The van der Waals surface area contributed by atoms with Crippen LogP contribution in [-0.4, -0.2) is 26.6 Å². The van der Waals surface area contributed by atoms with Crippen LogP contribution in [0.1, 0.15) is 43.0 Å². The molecular formula is C22H25F3N2O4S. The second-order valence-corrected chi connectivity index (χ2v) is 9.20. The Morgan fingerprint density at radius 3 is 2.44 bits per heavy atom. The largest absolute Gasteiger partial charge is 0.573 e. The van der Waals surface area contributed by atoms with E-state index in [2.05, 4.69) is 15.4 Å². The van der Waals surface area contributed by atoms with E-state index < -0.39 is 22.5 Å². The molecule has 1 aliphatic rings. The van der Waals surface area contributed by atoms with Gasteiger partial charge in [-0.05, 0) is 55.2 Å². The average molecular weight is 471 g/mol. The molecule has 0 radical (unpaired) electrons. The predicted octanol–water partition coefficient (Wildman–Crippen LogP) is 4.03. The first-order chi connectivity index (χ1) is 14.9. The molecule has 32 heavy (non-hydrogen) atoms. The van der Waals surface area contributed by atoms with Crippen LogP contribution in [0.2, 0.25) is 0 Å². The molecule has 0 aliphatic heterocycles. The van der Waals surface area contributed by atoms with E-state index in [0.717, 1.165) is 16.7 Å². The molecule has 0 aromatic heterocycles. The van der Waals surface area contributed by atoms with Crippen LogP contribution in [0.3, 0.4) is 0 Å². The molecule has 1 amide bonds. The van der Waals surface area contributed by atoms with Crippen molar-refractivity contribution < 1.29 is 31.1 Å². The smallest absolute Gasteiger partial charge is 0.406 e. The second-order valence-electron chi connectivity index (χ2n) is 8.22. The maximum atomic E-state index is 12.8. The number of aryl methyl sites for hydroxylation is 1. The zero-order valence-electron chi connectivity index (χ0n) is 17.8. The monoisotopic (exact) mass is 470 g/mol. The normalized spacial score (nSPS) is 21.2. The van der Waals surface area contributed by atoms with Gasteiger partial charge in [0.15, 0.2) is 10.7 Å². The summed E-state index contributed by atoms with van der Waals surface area (Å²) in [6, 6.07) is 10.8.